The van der Waals surface area contributed by atoms with Gasteiger partial charge in [-0.15, -0.1) is 0 Å². The predicted molar refractivity (Wildman–Crippen MR) is 111 cm³/mol. The fourth-order valence-corrected chi connectivity index (χ4v) is 2.76. The topological polar surface area (TPSA) is 68.3 Å². The number of aromatic nitrogens is 1. The lowest BCUT2D eigenvalue weighted by Gasteiger charge is -2.13. The molecule has 0 saturated heterocycles. The average molecular weight is 415 g/mol. The molecule has 1 aromatic heterocycles. The van der Waals surface area contributed by atoms with Gasteiger partial charge in [0.2, 0.25) is 0 Å². The average Bonchev–Trinajstić information content (AvgIpc) is 2.69. The third kappa shape index (κ3) is 5.09. The lowest BCUT2D eigenvalue weighted by atomic mass is 10.2. The number of pyridine rings is 1. The lowest BCUT2D eigenvalue weighted by Crippen LogP contribution is -2.29. The normalized spacial score (nSPS) is 12.1. The second-order valence-electron chi connectivity index (χ2n) is 5.95. The molecule has 0 radical (unpaired) electrons. The van der Waals surface area contributed by atoms with E-state index in [2.05, 4.69) is 10.3 Å². The summed E-state index contributed by atoms with van der Waals surface area (Å²) in [7, 11) is 0. The molecule has 7 heteroatoms. The van der Waals surface area contributed by atoms with Crippen molar-refractivity contribution in [3.8, 4) is 0 Å². The Hall–Kier alpha value is -2.89. The Bertz CT molecular complexity index is 1070. The minimum atomic E-state index is -1.02. The van der Waals surface area contributed by atoms with Crippen molar-refractivity contribution in [2.45, 2.75) is 13.0 Å². The van der Waals surface area contributed by atoms with Gasteiger partial charge in [-0.2, -0.15) is 0 Å². The summed E-state index contributed by atoms with van der Waals surface area (Å²) in [5.41, 5.74) is 1.78. The van der Waals surface area contributed by atoms with Crippen LogP contribution in [0.4, 0.5) is 5.69 Å². The van der Waals surface area contributed by atoms with E-state index in [1.165, 1.54) is 25.1 Å². The van der Waals surface area contributed by atoms with Crippen molar-refractivity contribution in [2.75, 3.05) is 5.32 Å². The Morgan fingerprint density at radius 2 is 1.89 bits per heavy atom. The Morgan fingerprint density at radius 1 is 1.11 bits per heavy atom. The number of ether oxygens (including phenoxy) is 1. The molecule has 1 unspecified atom stereocenters. The zero-order valence-electron chi connectivity index (χ0n) is 14.9. The van der Waals surface area contributed by atoms with Gasteiger partial charge in [0.15, 0.2) is 6.10 Å². The third-order valence-electron chi connectivity index (χ3n) is 3.86. The summed E-state index contributed by atoms with van der Waals surface area (Å²) in [6.07, 6.45) is 1.75. The van der Waals surface area contributed by atoms with Crippen LogP contribution < -0.4 is 5.32 Å². The summed E-state index contributed by atoms with van der Waals surface area (Å²) >= 11 is 11.9. The van der Waals surface area contributed by atoms with Crippen LogP contribution in [0.1, 0.15) is 12.6 Å². The zero-order chi connectivity index (χ0) is 20.1. The molecule has 3 rings (SSSR count). The predicted octanol–water partition coefficient (Wildman–Crippen LogP) is 5.13. The molecule has 0 aliphatic carbocycles. The van der Waals surface area contributed by atoms with Gasteiger partial charge in [0.1, 0.15) is 0 Å². The smallest absolute Gasteiger partial charge is 0.331 e. The van der Waals surface area contributed by atoms with Crippen molar-refractivity contribution in [2.24, 2.45) is 0 Å². The highest BCUT2D eigenvalue weighted by Crippen LogP contribution is 2.25. The Kier molecular flexibility index (Phi) is 6.29. The summed E-state index contributed by atoms with van der Waals surface area (Å²) in [6.45, 7) is 1.47. The second-order valence-corrected chi connectivity index (χ2v) is 6.80. The number of carbonyl (C=O) groups excluding carboxylic acids is 2. The van der Waals surface area contributed by atoms with Crippen molar-refractivity contribution in [1.29, 1.82) is 0 Å². The van der Waals surface area contributed by atoms with Crippen LogP contribution in [0.2, 0.25) is 10.0 Å². The highest BCUT2D eigenvalue weighted by Gasteiger charge is 2.18. The monoisotopic (exact) mass is 414 g/mol. The van der Waals surface area contributed by atoms with E-state index in [1.807, 2.05) is 30.3 Å². The Balaban J connectivity index is 1.60. The molecule has 2 aromatic carbocycles. The van der Waals surface area contributed by atoms with Gasteiger partial charge in [-0.3, -0.25) is 4.79 Å². The van der Waals surface area contributed by atoms with Gasteiger partial charge in [0.05, 0.1) is 21.9 Å². The van der Waals surface area contributed by atoms with Crippen LogP contribution in [-0.2, 0) is 14.3 Å². The molecule has 28 heavy (non-hydrogen) atoms. The van der Waals surface area contributed by atoms with Crippen LogP contribution in [0.5, 0.6) is 0 Å². The summed E-state index contributed by atoms with van der Waals surface area (Å²) in [4.78, 5) is 28.6. The van der Waals surface area contributed by atoms with Gasteiger partial charge in [0.25, 0.3) is 5.91 Å². The fourth-order valence-electron chi connectivity index (χ4n) is 2.42. The highest BCUT2D eigenvalue weighted by atomic mass is 35.5. The van der Waals surface area contributed by atoms with Crippen molar-refractivity contribution < 1.29 is 14.3 Å². The minimum absolute atomic E-state index is 0.332. The summed E-state index contributed by atoms with van der Waals surface area (Å²) in [5, 5.41) is 4.35. The number of hydrogen-bond acceptors (Lipinski definition) is 4. The number of benzene rings is 2. The van der Waals surface area contributed by atoms with E-state index in [1.54, 1.807) is 18.2 Å². The van der Waals surface area contributed by atoms with Crippen molar-refractivity contribution in [3.05, 3.63) is 76.4 Å². The number of rotatable bonds is 5. The molecule has 1 amide bonds. The maximum atomic E-state index is 12.2. The van der Waals surface area contributed by atoms with E-state index in [4.69, 9.17) is 27.9 Å². The van der Waals surface area contributed by atoms with E-state index < -0.39 is 18.0 Å². The molecule has 3 aromatic rings. The van der Waals surface area contributed by atoms with Gasteiger partial charge in [-0.05, 0) is 43.3 Å². The van der Waals surface area contributed by atoms with Gasteiger partial charge in [-0.25, -0.2) is 9.78 Å². The molecular formula is C21H16Cl2N2O3. The van der Waals surface area contributed by atoms with Crippen LogP contribution in [0.25, 0.3) is 17.0 Å². The number of fused-ring (bicyclic) bond motifs is 1. The quantitative estimate of drug-likeness (QED) is 0.464. The molecule has 1 heterocycles. The number of nitrogens with one attached hydrogen (secondary N) is 1. The number of carbonyl (C=O) groups is 2. The van der Waals surface area contributed by atoms with Gasteiger partial charge >= 0.3 is 5.97 Å². The van der Waals surface area contributed by atoms with Crippen molar-refractivity contribution >= 4 is 57.7 Å². The summed E-state index contributed by atoms with van der Waals surface area (Å²) in [5.74, 6) is -1.18. The van der Waals surface area contributed by atoms with E-state index in [9.17, 15) is 9.59 Å². The number of anilines is 1. The van der Waals surface area contributed by atoms with Crippen molar-refractivity contribution in [3.63, 3.8) is 0 Å². The van der Waals surface area contributed by atoms with E-state index >= 15 is 0 Å². The molecule has 0 saturated carbocycles. The lowest BCUT2D eigenvalue weighted by molar-refractivity contribution is -0.148. The Labute approximate surface area is 171 Å². The molecule has 5 nitrogen and oxygen atoms in total. The molecule has 1 N–H and O–H groups in total. The first-order valence-electron chi connectivity index (χ1n) is 8.43. The molecule has 0 fully saturated rings. The molecule has 0 bridgehead atoms. The van der Waals surface area contributed by atoms with Gasteiger partial charge in [-0.1, -0.05) is 47.5 Å². The summed E-state index contributed by atoms with van der Waals surface area (Å²) < 4.78 is 5.12. The fraction of sp³-hybridized carbons (Fsp3) is 0.0952. The minimum Gasteiger partial charge on any atom is -0.449 e. The van der Waals surface area contributed by atoms with Crippen molar-refractivity contribution in [1.82, 2.24) is 4.98 Å². The maximum Gasteiger partial charge on any atom is 0.331 e. The van der Waals surface area contributed by atoms with Crippen LogP contribution in [0.15, 0.2) is 60.7 Å². The number of halogens is 2. The first-order chi connectivity index (χ1) is 13.4. The number of hydrogen-bond donors (Lipinski definition) is 1. The molecule has 0 aliphatic rings. The number of nitrogens with zero attached hydrogens (tertiary/aromatic N) is 1. The first-order valence-corrected chi connectivity index (χ1v) is 9.18. The van der Waals surface area contributed by atoms with E-state index in [-0.39, 0.29) is 0 Å². The maximum absolute atomic E-state index is 12.2. The summed E-state index contributed by atoms with van der Waals surface area (Å²) in [6, 6.07) is 16.1. The molecule has 0 aliphatic heterocycles. The molecular weight excluding hydrogens is 399 g/mol. The van der Waals surface area contributed by atoms with E-state index in [0.717, 1.165) is 10.9 Å². The number of amides is 1. The van der Waals surface area contributed by atoms with E-state index in [0.29, 0.717) is 21.4 Å². The van der Waals surface area contributed by atoms with Crippen LogP contribution in [-0.4, -0.2) is 23.0 Å². The standard InChI is InChI=1S/C21H16Cl2N2O3/c1-13(21(27)25-19-12-15(22)7-10-17(19)23)28-20(26)11-9-16-8-6-14-4-2-3-5-18(14)24-16/h2-13H,1H3,(H,25,27)/b11-9+. The zero-order valence-corrected chi connectivity index (χ0v) is 16.4. The largest absolute Gasteiger partial charge is 0.449 e. The third-order valence-corrected chi connectivity index (χ3v) is 4.42. The second kappa shape index (κ2) is 8.87. The molecule has 142 valence electrons. The first kappa shape index (κ1) is 19.9. The number of esters is 1. The van der Waals surface area contributed by atoms with Crippen LogP contribution in [0.3, 0.4) is 0 Å². The van der Waals surface area contributed by atoms with Crippen LogP contribution in [0, 0.1) is 0 Å². The number of para-hydroxylation sites is 1. The van der Waals surface area contributed by atoms with Gasteiger partial charge in [0, 0.05) is 16.5 Å². The highest BCUT2D eigenvalue weighted by molar-refractivity contribution is 6.35. The molecule has 0 spiro atoms. The molecule has 1 atom stereocenters. The SMILES string of the molecule is CC(OC(=O)/C=C/c1ccc2ccccc2n1)C(=O)Nc1cc(Cl)ccc1Cl. The van der Waals surface area contributed by atoms with Gasteiger partial charge < -0.3 is 10.1 Å². The Morgan fingerprint density at radius 3 is 2.71 bits per heavy atom. The van der Waals surface area contributed by atoms with Crippen LogP contribution >= 0.6 is 23.2 Å².